The molecule has 0 radical (unpaired) electrons. The van der Waals surface area contributed by atoms with Crippen molar-refractivity contribution in [3.63, 3.8) is 0 Å². The number of hydrogen-bond donors (Lipinski definition) is 2. The molecule has 4 heteroatoms. The van der Waals surface area contributed by atoms with Crippen LogP contribution in [-0.4, -0.2) is 22.5 Å². The zero-order valence-electron chi connectivity index (χ0n) is 13.7. The molecule has 5 aromatic rings. The summed E-state index contributed by atoms with van der Waals surface area (Å²) in [4.78, 5) is 19.6. The van der Waals surface area contributed by atoms with Gasteiger partial charge in [0.15, 0.2) is 0 Å². The lowest BCUT2D eigenvalue weighted by Gasteiger charge is -2.05. The Morgan fingerprint density at radius 2 is 1.36 bits per heavy atom. The van der Waals surface area contributed by atoms with Crippen molar-refractivity contribution >= 4 is 49.6 Å². The minimum Gasteiger partial charge on any atom is -0.462 e. The molecule has 3 aromatic carbocycles. The van der Waals surface area contributed by atoms with Gasteiger partial charge in [-0.25, -0.2) is 4.79 Å². The van der Waals surface area contributed by atoms with Gasteiger partial charge in [-0.2, -0.15) is 0 Å². The first-order chi connectivity index (χ1) is 12.3. The predicted octanol–water partition coefficient (Wildman–Crippen LogP) is 5.13. The number of esters is 1. The molecule has 2 aromatic heterocycles. The van der Waals surface area contributed by atoms with Gasteiger partial charge in [0, 0.05) is 32.6 Å². The van der Waals surface area contributed by atoms with E-state index in [4.69, 9.17) is 4.74 Å². The van der Waals surface area contributed by atoms with Crippen molar-refractivity contribution in [2.75, 3.05) is 6.61 Å². The molecule has 0 saturated carbocycles. The van der Waals surface area contributed by atoms with E-state index in [2.05, 4.69) is 28.2 Å². The first-order valence-corrected chi connectivity index (χ1v) is 8.39. The van der Waals surface area contributed by atoms with Gasteiger partial charge in [0.25, 0.3) is 0 Å². The Hall–Kier alpha value is -3.27. The number of para-hydroxylation sites is 2. The van der Waals surface area contributed by atoms with E-state index in [0.717, 1.165) is 43.6 Å². The summed E-state index contributed by atoms with van der Waals surface area (Å²) in [7, 11) is 0. The van der Waals surface area contributed by atoms with E-state index >= 15 is 0 Å². The summed E-state index contributed by atoms with van der Waals surface area (Å²) in [5.41, 5.74) is 4.24. The van der Waals surface area contributed by atoms with Crippen molar-refractivity contribution in [1.29, 1.82) is 0 Å². The molecule has 0 fully saturated rings. The molecule has 122 valence electrons. The monoisotopic (exact) mass is 328 g/mol. The van der Waals surface area contributed by atoms with Gasteiger partial charge >= 0.3 is 5.97 Å². The maximum Gasteiger partial charge on any atom is 0.342 e. The summed E-state index contributed by atoms with van der Waals surface area (Å²) in [6.45, 7) is 2.17. The van der Waals surface area contributed by atoms with Crippen molar-refractivity contribution in [2.24, 2.45) is 0 Å². The van der Waals surface area contributed by atoms with Crippen LogP contribution in [0.3, 0.4) is 0 Å². The SMILES string of the molecule is CCOC(=O)c1c2[nH]c3ccccc3c2cc2c1[nH]c1ccccc12. The van der Waals surface area contributed by atoms with E-state index in [1.807, 2.05) is 43.3 Å². The van der Waals surface area contributed by atoms with E-state index in [-0.39, 0.29) is 5.97 Å². The van der Waals surface area contributed by atoms with Gasteiger partial charge in [0.05, 0.1) is 17.6 Å². The van der Waals surface area contributed by atoms with E-state index in [1.165, 1.54) is 0 Å². The molecule has 0 bridgehead atoms. The molecular formula is C21H16N2O2. The quantitative estimate of drug-likeness (QED) is 0.441. The Bertz CT molecular complexity index is 1190. The first-order valence-electron chi connectivity index (χ1n) is 8.39. The third-order valence-electron chi connectivity index (χ3n) is 4.76. The molecule has 2 N–H and O–H groups in total. The van der Waals surface area contributed by atoms with E-state index in [9.17, 15) is 4.79 Å². The summed E-state index contributed by atoms with van der Waals surface area (Å²) < 4.78 is 5.36. The molecule has 0 unspecified atom stereocenters. The second kappa shape index (κ2) is 5.11. The molecule has 0 spiro atoms. The molecule has 0 aliphatic rings. The van der Waals surface area contributed by atoms with Crippen LogP contribution in [0, 0.1) is 0 Å². The number of fused-ring (bicyclic) bond motifs is 6. The minimum absolute atomic E-state index is 0.309. The largest absolute Gasteiger partial charge is 0.462 e. The summed E-state index contributed by atoms with van der Waals surface area (Å²) >= 11 is 0. The normalized spacial score (nSPS) is 11.7. The average Bonchev–Trinajstić information content (AvgIpc) is 3.18. The number of nitrogens with one attached hydrogen (secondary N) is 2. The Morgan fingerprint density at radius 1 is 0.840 bits per heavy atom. The van der Waals surface area contributed by atoms with Crippen molar-refractivity contribution in [3.05, 3.63) is 60.2 Å². The summed E-state index contributed by atoms with van der Waals surface area (Å²) in [6.07, 6.45) is 0. The highest BCUT2D eigenvalue weighted by Crippen LogP contribution is 2.36. The van der Waals surface area contributed by atoms with Crippen LogP contribution in [0.15, 0.2) is 54.6 Å². The highest BCUT2D eigenvalue weighted by Gasteiger charge is 2.21. The molecule has 0 saturated heterocycles. The summed E-state index contributed by atoms with van der Waals surface area (Å²) in [5, 5.41) is 4.29. The third-order valence-corrected chi connectivity index (χ3v) is 4.76. The van der Waals surface area contributed by atoms with Gasteiger partial charge in [-0.15, -0.1) is 0 Å². The van der Waals surface area contributed by atoms with Crippen molar-refractivity contribution in [2.45, 2.75) is 6.92 Å². The first kappa shape index (κ1) is 14.1. The zero-order chi connectivity index (χ0) is 17.0. The Kier molecular flexibility index (Phi) is 2.88. The molecule has 0 aliphatic carbocycles. The average molecular weight is 328 g/mol. The lowest BCUT2D eigenvalue weighted by molar-refractivity contribution is 0.0530. The maximum atomic E-state index is 12.8. The van der Waals surface area contributed by atoms with Crippen LogP contribution in [0.2, 0.25) is 0 Å². The van der Waals surface area contributed by atoms with Crippen LogP contribution in [0.4, 0.5) is 0 Å². The highest BCUT2D eigenvalue weighted by molar-refractivity contribution is 6.25. The predicted molar refractivity (Wildman–Crippen MR) is 101 cm³/mol. The lowest BCUT2D eigenvalue weighted by Crippen LogP contribution is -2.06. The van der Waals surface area contributed by atoms with Crippen molar-refractivity contribution < 1.29 is 9.53 Å². The second-order valence-corrected chi connectivity index (χ2v) is 6.16. The fourth-order valence-corrected chi connectivity index (χ4v) is 3.70. The summed E-state index contributed by atoms with van der Waals surface area (Å²) in [5.74, 6) is -0.309. The number of benzene rings is 3. The molecular weight excluding hydrogens is 312 g/mol. The smallest absolute Gasteiger partial charge is 0.342 e. The van der Waals surface area contributed by atoms with Gasteiger partial charge < -0.3 is 14.7 Å². The Morgan fingerprint density at radius 3 is 1.88 bits per heavy atom. The van der Waals surface area contributed by atoms with Crippen LogP contribution < -0.4 is 0 Å². The van der Waals surface area contributed by atoms with Gasteiger partial charge in [0.1, 0.15) is 5.56 Å². The Balaban J connectivity index is 2.03. The number of hydrogen-bond acceptors (Lipinski definition) is 2. The van der Waals surface area contributed by atoms with Crippen LogP contribution in [0.5, 0.6) is 0 Å². The summed E-state index contributed by atoms with van der Waals surface area (Å²) in [6, 6.07) is 18.4. The number of aromatic nitrogens is 2. The molecule has 5 rings (SSSR count). The van der Waals surface area contributed by atoms with Gasteiger partial charge in [0.2, 0.25) is 0 Å². The molecule has 4 nitrogen and oxygen atoms in total. The highest BCUT2D eigenvalue weighted by atomic mass is 16.5. The molecule has 2 heterocycles. The fraction of sp³-hybridized carbons (Fsp3) is 0.0952. The van der Waals surface area contributed by atoms with Gasteiger partial charge in [-0.05, 0) is 25.1 Å². The zero-order valence-corrected chi connectivity index (χ0v) is 13.7. The molecule has 0 aliphatic heterocycles. The van der Waals surface area contributed by atoms with Crippen molar-refractivity contribution in [1.82, 2.24) is 9.97 Å². The van der Waals surface area contributed by atoms with E-state index in [1.54, 1.807) is 0 Å². The lowest BCUT2D eigenvalue weighted by atomic mass is 10.0. The number of carbonyl (C=O) groups excluding carboxylic acids is 1. The van der Waals surface area contributed by atoms with Gasteiger partial charge in [-0.3, -0.25) is 0 Å². The van der Waals surface area contributed by atoms with Crippen LogP contribution in [0.25, 0.3) is 43.6 Å². The topological polar surface area (TPSA) is 57.9 Å². The van der Waals surface area contributed by atoms with E-state index < -0.39 is 0 Å². The van der Waals surface area contributed by atoms with Crippen LogP contribution >= 0.6 is 0 Å². The minimum atomic E-state index is -0.309. The number of H-pyrrole nitrogens is 2. The van der Waals surface area contributed by atoms with Crippen LogP contribution in [-0.2, 0) is 4.74 Å². The number of ether oxygens (including phenoxy) is 1. The van der Waals surface area contributed by atoms with Gasteiger partial charge in [-0.1, -0.05) is 36.4 Å². The second-order valence-electron chi connectivity index (χ2n) is 6.16. The number of rotatable bonds is 2. The molecule has 0 amide bonds. The number of carbonyl (C=O) groups is 1. The molecule has 25 heavy (non-hydrogen) atoms. The third kappa shape index (κ3) is 1.91. The number of aromatic amines is 2. The Labute approximate surface area is 143 Å². The standard InChI is InChI=1S/C21H16N2O2/c1-2-25-21(24)18-19-14(12-7-3-5-9-16(12)22-19)11-15-13-8-4-6-10-17(13)23-20(15)18/h3-11,22-23H,2H2,1H3. The molecule has 0 atom stereocenters. The maximum absolute atomic E-state index is 12.8. The fourth-order valence-electron chi connectivity index (χ4n) is 3.70. The van der Waals surface area contributed by atoms with Crippen LogP contribution in [0.1, 0.15) is 17.3 Å². The van der Waals surface area contributed by atoms with Crippen molar-refractivity contribution in [3.8, 4) is 0 Å². The van der Waals surface area contributed by atoms with E-state index in [0.29, 0.717) is 12.2 Å².